The topological polar surface area (TPSA) is 121 Å². The summed E-state index contributed by atoms with van der Waals surface area (Å²) >= 11 is 0. The number of halogens is 2. The number of anilines is 1. The smallest absolute Gasteiger partial charge is 0.264 e. The van der Waals surface area contributed by atoms with Crippen molar-refractivity contribution in [2.45, 2.75) is 51.5 Å². The molecular weight excluding hydrogens is 466 g/mol. The second kappa shape index (κ2) is 11.1. The Hall–Kier alpha value is -2.82. The van der Waals surface area contributed by atoms with Crippen LogP contribution in [0.5, 0.6) is 0 Å². The van der Waals surface area contributed by atoms with Gasteiger partial charge in [0, 0.05) is 67.2 Å². The number of benzene rings is 1. The van der Waals surface area contributed by atoms with E-state index in [1.54, 1.807) is 11.0 Å². The standard InChI is InChI=1S/C26H36F2N6O2/c1-2-34(35)9-5-23(32-19-6-10-36-11-7-19)22(16-34)26(31)33-8-3-4-17-12-20(18(14-29)15-30)21(25(27)28)13-24(17)33/h12-15,19,25,29,31-32H,2-11,16,30H2,1H3/b18-15+,29-14?,31-26?. The maximum absolute atomic E-state index is 14.1. The van der Waals surface area contributed by atoms with E-state index in [9.17, 15) is 19.4 Å². The van der Waals surface area contributed by atoms with Crippen LogP contribution in [0, 0.1) is 16.0 Å². The third kappa shape index (κ3) is 5.30. The molecule has 10 heteroatoms. The summed E-state index contributed by atoms with van der Waals surface area (Å²) < 4.78 is 33.3. The maximum atomic E-state index is 14.1. The number of rotatable bonds is 7. The van der Waals surface area contributed by atoms with Crippen LogP contribution in [0.25, 0.3) is 5.57 Å². The monoisotopic (exact) mass is 502 g/mol. The number of hydrogen-bond acceptors (Lipinski definition) is 6. The molecule has 4 rings (SSSR count). The summed E-state index contributed by atoms with van der Waals surface area (Å²) in [6, 6.07) is 3.34. The van der Waals surface area contributed by atoms with Gasteiger partial charge < -0.3 is 36.0 Å². The van der Waals surface area contributed by atoms with Gasteiger partial charge in [-0.1, -0.05) is 0 Å². The van der Waals surface area contributed by atoms with Crippen LogP contribution in [0.4, 0.5) is 14.5 Å². The Bertz CT molecular complexity index is 1070. The average molecular weight is 503 g/mol. The van der Waals surface area contributed by atoms with E-state index in [2.05, 4.69) is 5.32 Å². The molecule has 1 atom stereocenters. The van der Waals surface area contributed by atoms with Gasteiger partial charge in [0.25, 0.3) is 6.43 Å². The van der Waals surface area contributed by atoms with Gasteiger partial charge in [0.1, 0.15) is 12.4 Å². The summed E-state index contributed by atoms with van der Waals surface area (Å²) in [5, 5.41) is 33.7. The van der Waals surface area contributed by atoms with Crippen molar-refractivity contribution in [1.82, 2.24) is 5.32 Å². The number of hydrogen-bond donors (Lipinski definition) is 4. The van der Waals surface area contributed by atoms with Gasteiger partial charge in [-0.3, -0.25) is 5.41 Å². The lowest BCUT2D eigenvalue weighted by Gasteiger charge is -2.47. The van der Waals surface area contributed by atoms with Gasteiger partial charge in [0.05, 0.1) is 18.7 Å². The Kier molecular flexibility index (Phi) is 8.07. The SMILES string of the molecule is CC[N+]1([O-])CCC(NC2CCOCC2)=C(C(=N)N2CCCc3cc(/C(C=N)=C/N)c(C(F)F)cc32)C1. The van der Waals surface area contributed by atoms with E-state index in [1.165, 1.54) is 12.3 Å². The molecule has 0 amide bonds. The summed E-state index contributed by atoms with van der Waals surface area (Å²) in [6.45, 7) is 4.78. The van der Waals surface area contributed by atoms with Crippen LogP contribution >= 0.6 is 0 Å². The van der Waals surface area contributed by atoms with E-state index in [0.29, 0.717) is 57.0 Å². The Labute approximate surface area is 211 Å². The highest BCUT2D eigenvalue weighted by molar-refractivity contribution is 6.11. The van der Waals surface area contributed by atoms with Crippen LogP contribution in [0.2, 0.25) is 0 Å². The number of hydroxylamine groups is 3. The third-order valence-electron chi connectivity index (χ3n) is 7.56. The summed E-state index contributed by atoms with van der Waals surface area (Å²) in [7, 11) is 0. The minimum absolute atomic E-state index is 0.181. The van der Waals surface area contributed by atoms with E-state index >= 15 is 0 Å². The Morgan fingerprint density at radius 2 is 2.08 bits per heavy atom. The minimum Gasteiger partial charge on any atom is -0.633 e. The zero-order valence-corrected chi connectivity index (χ0v) is 20.8. The molecule has 36 heavy (non-hydrogen) atoms. The molecule has 3 aliphatic rings. The molecule has 1 aromatic rings. The normalized spacial score (nSPS) is 23.6. The largest absolute Gasteiger partial charge is 0.633 e. The van der Waals surface area contributed by atoms with Crippen molar-refractivity contribution in [3.05, 3.63) is 51.5 Å². The zero-order chi connectivity index (χ0) is 25.9. The lowest BCUT2D eigenvalue weighted by molar-refractivity contribution is -0.875. The quantitative estimate of drug-likeness (QED) is 0.194. The van der Waals surface area contributed by atoms with Crippen molar-refractivity contribution in [3.8, 4) is 0 Å². The average Bonchev–Trinajstić information content (AvgIpc) is 2.90. The third-order valence-corrected chi connectivity index (χ3v) is 7.56. The van der Waals surface area contributed by atoms with Gasteiger partial charge in [-0.2, -0.15) is 0 Å². The van der Waals surface area contributed by atoms with Crippen LogP contribution in [0.15, 0.2) is 29.6 Å². The van der Waals surface area contributed by atoms with Gasteiger partial charge in [0.2, 0.25) is 0 Å². The summed E-state index contributed by atoms with van der Waals surface area (Å²) in [6.07, 6.45) is 3.10. The molecule has 0 bridgehead atoms. The first-order chi connectivity index (χ1) is 17.3. The van der Waals surface area contributed by atoms with E-state index in [4.69, 9.17) is 15.9 Å². The number of nitrogens with one attached hydrogen (secondary N) is 3. The molecule has 8 nitrogen and oxygen atoms in total. The fourth-order valence-electron chi connectivity index (χ4n) is 5.35. The minimum atomic E-state index is -2.76. The second-order valence-corrected chi connectivity index (χ2v) is 9.73. The predicted molar refractivity (Wildman–Crippen MR) is 138 cm³/mol. The van der Waals surface area contributed by atoms with E-state index in [1.807, 2.05) is 6.92 Å². The van der Waals surface area contributed by atoms with Crippen molar-refractivity contribution in [2.24, 2.45) is 5.73 Å². The van der Waals surface area contributed by atoms with Crippen molar-refractivity contribution < 1.29 is 18.2 Å². The second-order valence-electron chi connectivity index (χ2n) is 9.73. The maximum Gasteiger partial charge on any atom is 0.264 e. The number of nitrogens with two attached hydrogens (primary N) is 1. The number of likely N-dealkylation sites (N-methyl/N-ethyl adjacent to an activating group) is 1. The molecule has 1 unspecified atom stereocenters. The highest BCUT2D eigenvalue weighted by atomic mass is 19.3. The van der Waals surface area contributed by atoms with Crippen LogP contribution < -0.4 is 16.0 Å². The lowest BCUT2D eigenvalue weighted by Crippen LogP contribution is -2.52. The molecule has 0 aliphatic carbocycles. The number of amidine groups is 1. The highest BCUT2D eigenvalue weighted by Gasteiger charge is 2.34. The van der Waals surface area contributed by atoms with Crippen LogP contribution in [-0.4, -0.2) is 62.1 Å². The molecule has 1 aromatic carbocycles. The highest BCUT2D eigenvalue weighted by Crippen LogP contribution is 2.38. The number of nitrogens with zero attached hydrogens (tertiary/aromatic N) is 2. The number of alkyl halides is 2. The van der Waals surface area contributed by atoms with Crippen molar-refractivity contribution in [3.63, 3.8) is 0 Å². The summed E-state index contributed by atoms with van der Waals surface area (Å²) in [4.78, 5) is 1.77. The first-order valence-electron chi connectivity index (χ1n) is 12.7. The number of fused-ring (bicyclic) bond motifs is 1. The Morgan fingerprint density at radius 1 is 1.33 bits per heavy atom. The van der Waals surface area contributed by atoms with E-state index < -0.39 is 11.1 Å². The summed E-state index contributed by atoms with van der Waals surface area (Å²) in [5.41, 5.74) is 8.86. The molecule has 3 aliphatic heterocycles. The van der Waals surface area contributed by atoms with Crippen LogP contribution in [-0.2, 0) is 11.2 Å². The molecule has 0 saturated carbocycles. The number of ether oxygens (including phenoxy) is 1. The van der Waals surface area contributed by atoms with Crippen molar-refractivity contribution in [1.29, 1.82) is 10.8 Å². The first kappa shape index (κ1) is 26.2. The lowest BCUT2D eigenvalue weighted by atomic mass is 9.91. The Balaban J connectivity index is 1.74. The molecule has 1 fully saturated rings. The summed E-state index contributed by atoms with van der Waals surface area (Å²) in [5.74, 6) is 0.201. The van der Waals surface area contributed by atoms with Crippen LogP contribution in [0.3, 0.4) is 0 Å². The molecule has 1 saturated heterocycles. The van der Waals surface area contributed by atoms with Gasteiger partial charge in [0.15, 0.2) is 0 Å². The number of allylic oxidation sites excluding steroid dienone is 1. The van der Waals surface area contributed by atoms with Crippen molar-refractivity contribution in [2.75, 3.05) is 44.3 Å². The molecule has 3 heterocycles. The van der Waals surface area contributed by atoms with E-state index in [0.717, 1.165) is 36.7 Å². The fraction of sp³-hybridized carbons (Fsp3) is 0.538. The molecule has 5 N–H and O–H groups in total. The van der Waals surface area contributed by atoms with Gasteiger partial charge >= 0.3 is 0 Å². The first-order valence-corrected chi connectivity index (χ1v) is 12.7. The molecule has 196 valence electrons. The molecule has 0 aromatic heterocycles. The van der Waals surface area contributed by atoms with Crippen molar-refractivity contribution >= 4 is 23.3 Å². The number of quaternary nitrogens is 1. The van der Waals surface area contributed by atoms with Crippen LogP contribution in [0.1, 0.15) is 55.7 Å². The van der Waals surface area contributed by atoms with Gasteiger partial charge in [-0.05, 0) is 55.9 Å². The van der Waals surface area contributed by atoms with Gasteiger partial charge in [-0.25, -0.2) is 8.78 Å². The molecular formula is C26H36F2N6O2. The molecule has 0 radical (unpaired) electrons. The Morgan fingerprint density at radius 3 is 2.72 bits per heavy atom. The predicted octanol–water partition coefficient (Wildman–Crippen LogP) is 4.06. The van der Waals surface area contributed by atoms with E-state index in [-0.39, 0.29) is 35.1 Å². The fourth-order valence-corrected chi connectivity index (χ4v) is 5.35. The zero-order valence-electron chi connectivity index (χ0n) is 20.8. The number of aryl methyl sites for hydroxylation is 1. The van der Waals surface area contributed by atoms with Gasteiger partial charge in [-0.15, -0.1) is 0 Å². The molecule has 0 spiro atoms.